The minimum atomic E-state index is -0.675. The number of anilines is 2. The third kappa shape index (κ3) is 7.53. The molecule has 0 aliphatic carbocycles. The van der Waals surface area contributed by atoms with Crippen molar-refractivity contribution in [3.05, 3.63) is 138 Å². The largest absolute Gasteiger partial charge is 0.493 e. The van der Waals surface area contributed by atoms with Crippen LogP contribution in [-0.2, 0) is 14.4 Å². The second-order valence-electron chi connectivity index (χ2n) is 11.9. The number of benzene rings is 5. The molecule has 1 fully saturated rings. The van der Waals surface area contributed by atoms with Crippen LogP contribution < -0.4 is 25.0 Å². The lowest BCUT2D eigenvalue weighted by atomic mass is 10.1. The van der Waals surface area contributed by atoms with E-state index < -0.39 is 17.1 Å². The minimum Gasteiger partial charge on any atom is -0.493 e. The van der Waals surface area contributed by atoms with Crippen molar-refractivity contribution in [2.24, 2.45) is 0 Å². The van der Waals surface area contributed by atoms with Gasteiger partial charge in [0.25, 0.3) is 11.8 Å². The Hall–Kier alpha value is -6.66. The molecule has 7 rings (SSSR count). The molecule has 264 valence electrons. The summed E-state index contributed by atoms with van der Waals surface area (Å²) >= 11 is 1.23. The van der Waals surface area contributed by atoms with E-state index in [0.29, 0.717) is 55.9 Å². The van der Waals surface area contributed by atoms with Crippen LogP contribution in [-0.4, -0.2) is 48.1 Å². The fraction of sp³-hybridized carbons (Fsp3) is 0.0976. The summed E-state index contributed by atoms with van der Waals surface area (Å²) in [7, 11) is 2.99. The summed E-state index contributed by atoms with van der Waals surface area (Å²) in [4.78, 5) is 60.0. The first-order valence-electron chi connectivity index (χ1n) is 16.5. The predicted molar refractivity (Wildman–Crippen MR) is 203 cm³/mol. The van der Waals surface area contributed by atoms with E-state index in [1.165, 1.54) is 37.0 Å². The molecule has 1 aliphatic heterocycles. The van der Waals surface area contributed by atoms with Crippen LogP contribution in [0.15, 0.2) is 136 Å². The zero-order valence-electron chi connectivity index (χ0n) is 28.6. The lowest BCUT2D eigenvalue weighted by Crippen LogP contribution is -2.31. The number of imide groups is 1. The molecular formula is C41H32N4O7S. The van der Waals surface area contributed by atoms with Crippen LogP contribution in [0.1, 0.15) is 22.3 Å². The second kappa shape index (κ2) is 15.3. The highest BCUT2D eigenvalue weighted by Gasteiger charge is 2.40. The molecular weight excluding hydrogens is 693 g/mol. The number of nitrogens with zero attached hydrogens (tertiary/aromatic N) is 2. The summed E-state index contributed by atoms with van der Waals surface area (Å²) < 4.78 is 16.8. The van der Waals surface area contributed by atoms with Gasteiger partial charge in [-0.2, -0.15) is 0 Å². The van der Waals surface area contributed by atoms with Crippen LogP contribution in [0.25, 0.3) is 28.6 Å². The molecule has 0 radical (unpaired) electrons. The fourth-order valence-corrected chi connectivity index (χ4v) is 6.96. The maximum Gasteiger partial charge on any atom is 0.272 e. The quantitative estimate of drug-likeness (QED) is 0.104. The van der Waals surface area contributed by atoms with E-state index in [-0.39, 0.29) is 23.9 Å². The molecule has 6 aromatic rings. The Morgan fingerprint density at radius 2 is 1.62 bits per heavy atom. The van der Waals surface area contributed by atoms with Crippen LogP contribution in [0, 0.1) is 0 Å². The zero-order valence-corrected chi connectivity index (χ0v) is 29.4. The van der Waals surface area contributed by atoms with Crippen LogP contribution in [0.3, 0.4) is 0 Å². The number of fused-ring (bicyclic) bond motifs is 1. The van der Waals surface area contributed by atoms with Crippen molar-refractivity contribution < 1.29 is 33.1 Å². The molecule has 0 unspecified atom stereocenters. The third-order valence-electron chi connectivity index (χ3n) is 8.40. The lowest BCUT2D eigenvalue weighted by Gasteiger charge is -2.16. The zero-order chi connectivity index (χ0) is 36.9. The average molecular weight is 725 g/mol. The number of nitrogens with one attached hydrogen (secondary N) is 2. The molecule has 2 N–H and O–H groups in total. The summed E-state index contributed by atoms with van der Waals surface area (Å²) in [6, 6.07) is 35.1. The lowest BCUT2D eigenvalue weighted by molar-refractivity contribution is -0.121. The highest BCUT2D eigenvalue weighted by Crippen LogP contribution is 2.36. The Kier molecular flexibility index (Phi) is 10.0. The predicted octanol–water partition coefficient (Wildman–Crippen LogP) is 7.35. The van der Waals surface area contributed by atoms with Gasteiger partial charge in [-0.05, 0) is 78.9 Å². The van der Waals surface area contributed by atoms with Crippen molar-refractivity contribution in [3.8, 4) is 23.0 Å². The standard InChI is InChI=1S/C41H32N4O7S/c1-50-34-17-8-12-27(37(34)51-2)22-32(43-38(47)25-10-4-3-5-11-25)39(48)42-28-13-9-14-30(23-28)53-35-24-36(46)45(41(35)49)29-20-18-26(19-21-29)40-44-31-15-6-7-16-33(31)52-40/h3-23,35H,24H2,1-2H3,(H,42,48)(H,43,47)/b32-22-/t35-/m0/s1. The van der Waals surface area contributed by atoms with Gasteiger partial charge < -0.3 is 24.5 Å². The highest BCUT2D eigenvalue weighted by molar-refractivity contribution is 8.00. The SMILES string of the molecule is COc1cccc(/C=C(\NC(=O)c2ccccc2)C(=O)Nc2cccc(S[C@H]3CC(=O)N(c4ccc(-c5nc6ccccc6o5)cc4)C3=O)c2)c1OC. The van der Waals surface area contributed by atoms with Gasteiger partial charge in [0.05, 0.1) is 25.2 Å². The molecule has 0 spiro atoms. The number of methoxy groups -OCH3 is 2. The van der Waals surface area contributed by atoms with Gasteiger partial charge in [0.1, 0.15) is 11.2 Å². The van der Waals surface area contributed by atoms with E-state index in [4.69, 9.17) is 13.9 Å². The smallest absolute Gasteiger partial charge is 0.272 e. The van der Waals surface area contributed by atoms with Crippen LogP contribution >= 0.6 is 11.8 Å². The molecule has 0 saturated carbocycles. The van der Waals surface area contributed by atoms with Gasteiger partial charge in [-0.1, -0.05) is 48.5 Å². The molecule has 12 heteroatoms. The molecule has 2 heterocycles. The van der Waals surface area contributed by atoms with Gasteiger partial charge in [0, 0.05) is 33.7 Å². The number of hydrogen-bond acceptors (Lipinski definition) is 9. The summed E-state index contributed by atoms with van der Waals surface area (Å²) in [5, 5.41) is 4.90. The van der Waals surface area contributed by atoms with E-state index in [9.17, 15) is 19.2 Å². The Labute approximate surface area is 308 Å². The van der Waals surface area contributed by atoms with Crippen molar-refractivity contribution in [3.63, 3.8) is 0 Å². The number of carbonyl (C=O) groups is 4. The number of oxazole rings is 1. The molecule has 1 atom stereocenters. The molecule has 5 aromatic carbocycles. The summed E-state index contributed by atoms with van der Waals surface area (Å²) in [5.41, 5.74) is 3.82. The first kappa shape index (κ1) is 34.8. The average Bonchev–Trinajstić information content (AvgIpc) is 3.74. The monoisotopic (exact) mass is 724 g/mol. The molecule has 53 heavy (non-hydrogen) atoms. The molecule has 1 aromatic heterocycles. The van der Waals surface area contributed by atoms with Crippen LogP contribution in [0.4, 0.5) is 11.4 Å². The van der Waals surface area contributed by atoms with Gasteiger partial charge in [-0.15, -0.1) is 11.8 Å². The number of hydrogen-bond donors (Lipinski definition) is 2. The van der Waals surface area contributed by atoms with E-state index in [1.807, 2.05) is 24.3 Å². The molecule has 0 bridgehead atoms. The number of rotatable bonds is 11. The summed E-state index contributed by atoms with van der Waals surface area (Å²) in [6.07, 6.45) is 1.51. The van der Waals surface area contributed by atoms with Crippen molar-refractivity contribution in [2.75, 3.05) is 24.4 Å². The number of ether oxygens (including phenoxy) is 2. The Bertz CT molecular complexity index is 2340. The van der Waals surface area contributed by atoms with Gasteiger partial charge in [0.15, 0.2) is 17.1 Å². The normalized spacial score (nSPS) is 14.3. The van der Waals surface area contributed by atoms with Crippen molar-refractivity contribution in [1.82, 2.24) is 10.3 Å². The Morgan fingerprint density at radius 3 is 2.38 bits per heavy atom. The molecule has 1 saturated heterocycles. The van der Waals surface area contributed by atoms with Gasteiger partial charge in [0.2, 0.25) is 17.7 Å². The second-order valence-corrected chi connectivity index (χ2v) is 13.1. The fourth-order valence-electron chi connectivity index (χ4n) is 5.85. The molecule has 4 amide bonds. The first-order valence-corrected chi connectivity index (χ1v) is 17.4. The Balaban J connectivity index is 1.07. The summed E-state index contributed by atoms with van der Waals surface area (Å²) in [6.45, 7) is 0. The van der Waals surface area contributed by atoms with Crippen molar-refractivity contribution >= 4 is 63.9 Å². The van der Waals surface area contributed by atoms with Gasteiger partial charge in [-0.3, -0.25) is 19.2 Å². The van der Waals surface area contributed by atoms with E-state index in [2.05, 4.69) is 15.6 Å². The van der Waals surface area contributed by atoms with E-state index in [1.54, 1.807) is 97.1 Å². The molecule has 11 nitrogen and oxygen atoms in total. The maximum absolute atomic E-state index is 13.8. The van der Waals surface area contributed by atoms with Crippen molar-refractivity contribution in [1.29, 1.82) is 0 Å². The molecule has 1 aliphatic rings. The number of amides is 4. The van der Waals surface area contributed by atoms with Crippen molar-refractivity contribution in [2.45, 2.75) is 16.6 Å². The summed E-state index contributed by atoms with van der Waals surface area (Å²) in [5.74, 6) is -0.451. The number of aromatic nitrogens is 1. The minimum absolute atomic E-state index is 0.00768. The van der Waals surface area contributed by atoms with Crippen LogP contribution in [0.5, 0.6) is 11.5 Å². The first-order chi connectivity index (χ1) is 25.8. The van der Waals surface area contributed by atoms with E-state index in [0.717, 1.165) is 5.52 Å². The van der Waals surface area contributed by atoms with E-state index >= 15 is 0 Å². The van der Waals surface area contributed by atoms with Crippen LogP contribution in [0.2, 0.25) is 0 Å². The third-order valence-corrected chi connectivity index (χ3v) is 9.58. The number of para-hydroxylation sites is 3. The topological polar surface area (TPSA) is 140 Å². The maximum atomic E-state index is 13.8. The van der Waals surface area contributed by atoms with Gasteiger partial charge >= 0.3 is 0 Å². The number of carbonyl (C=O) groups excluding carboxylic acids is 4. The number of thioether (sulfide) groups is 1. The highest BCUT2D eigenvalue weighted by atomic mass is 32.2. The Morgan fingerprint density at radius 1 is 0.868 bits per heavy atom. The van der Waals surface area contributed by atoms with Gasteiger partial charge in [-0.25, -0.2) is 9.88 Å².